The minimum absolute atomic E-state index is 0.0487. The number of carbonyl (C=O) groups is 2. The SMILES string of the molecule is CN(C(=O)C1CCCc2sccc21)C1CCC(=O)CC1. The molecular formula is C16H21NO2S. The molecule has 3 nitrogen and oxygen atoms in total. The molecule has 1 heterocycles. The standard InChI is InChI=1S/C16H21NO2S/c1-17(11-5-7-12(18)8-6-11)16(19)14-3-2-4-15-13(14)9-10-20-15/h9-11,14H,2-8H2,1H3. The van der Waals surface area contributed by atoms with Crippen LogP contribution in [0.25, 0.3) is 0 Å². The quantitative estimate of drug-likeness (QED) is 0.839. The third kappa shape index (κ3) is 2.53. The minimum Gasteiger partial charge on any atom is -0.342 e. The summed E-state index contributed by atoms with van der Waals surface area (Å²) in [5.74, 6) is 0.649. The van der Waals surface area contributed by atoms with Crippen molar-refractivity contribution in [1.29, 1.82) is 0 Å². The lowest BCUT2D eigenvalue weighted by Gasteiger charge is -2.34. The zero-order chi connectivity index (χ0) is 14.1. The Bertz CT molecular complexity index is 512. The highest BCUT2D eigenvalue weighted by atomic mass is 32.1. The van der Waals surface area contributed by atoms with Crippen LogP contribution in [0.3, 0.4) is 0 Å². The van der Waals surface area contributed by atoms with Gasteiger partial charge in [-0.05, 0) is 49.1 Å². The number of likely N-dealkylation sites (N-methyl/N-ethyl adjacent to an activating group) is 1. The molecule has 0 N–H and O–H groups in total. The van der Waals surface area contributed by atoms with Gasteiger partial charge in [0, 0.05) is 30.8 Å². The highest BCUT2D eigenvalue weighted by Crippen LogP contribution is 2.36. The van der Waals surface area contributed by atoms with Gasteiger partial charge in [-0.1, -0.05) is 0 Å². The number of amides is 1. The van der Waals surface area contributed by atoms with Gasteiger partial charge in [-0.3, -0.25) is 9.59 Å². The largest absolute Gasteiger partial charge is 0.342 e. The van der Waals surface area contributed by atoms with Gasteiger partial charge in [-0.15, -0.1) is 11.3 Å². The molecule has 1 aromatic rings. The van der Waals surface area contributed by atoms with E-state index in [-0.39, 0.29) is 17.9 Å². The molecule has 1 saturated carbocycles. The van der Waals surface area contributed by atoms with Crippen molar-refractivity contribution in [3.8, 4) is 0 Å². The number of fused-ring (bicyclic) bond motifs is 1. The molecule has 0 saturated heterocycles. The van der Waals surface area contributed by atoms with E-state index < -0.39 is 0 Å². The van der Waals surface area contributed by atoms with E-state index in [9.17, 15) is 9.59 Å². The highest BCUT2D eigenvalue weighted by Gasteiger charge is 2.33. The Morgan fingerprint density at radius 2 is 2.00 bits per heavy atom. The molecule has 1 fully saturated rings. The highest BCUT2D eigenvalue weighted by molar-refractivity contribution is 7.10. The zero-order valence-corrected chi connectivity index (χ0v) is 12.7. The predicted molar refractivity (Wildman–Crippen MR) is 80.0 cm³/mol. The van der Waals surface area contributed by atoms with Crippen LogP contribution >= 0.6 is 11.3 Å². The summed E-state index contributed by atoms with van der Waals surface area (Å²) in [6, 6.07) is 2.38. The number of rotatable bonds is 2. The fourth-order valence-corrected chi connectivity index (χ4v) is 4.47. The Kier molecular flexibility index (Phi) is 3.92. The monoisotopic (exact) mass is 291 g/mol. The van der Waals surface area contributed by atoms with Crippen LogP contribution in [0.4, 0.5) is 0 Å². The molecule has 0 spiro atoms. The average molecular weight is 291 g/mol. The minimum atomic E-state index is 0.0487. The number of carbonyl (C=O) groups excluding carboxylic acids is 2. The molecule has 0 aromatic carbocycles. The van der Waals surface area contributed by atoms with Gasteiger partial charge in [-0.25, -0.2) is 0 Å². The van der Waals surface area contributed by atoms with Gasteiger partial charge in [-0.2, -0.15) is 0 Å². The first-order chi connectivity index (χ1) is 9.66. The molecule has 3 rings (SSSR count). The molecule has 2 aliphatic rings. The van der Waals surface area contributed by atoms with E-state index in [1.807, 2.05) is 11.9 Å². The lowest BCUT2D eigenvalue weighted by molar-refractivity contribution is -0.136. The predicted octanol–water partition coefficient (Wildman–Crippen LogP) is 3.14. The normalized spacial score (nSPS) is 23.4. The number of aryl methyl sites for hydroxylation is 1. The molecule has 0 radical (unpaired) electrons. The topological polar surface area (TPSA) is 37.4 Å². The van der Waals surface area contributed by atoms with E-state index in [1.54, 1.807) is 11.3 Å². The van der Waals surface area contributed by atoms with Crippen molar-refractivity contribution in [2.75, 3.05) is 7.05 Å². The number of nitrogens with zero attached hydrogens (tertiary/aromatic N) is 1. The van der Waals surface area contributed by atoms with Crippen molar-refractivity contribution in [2.45, 2.75) is 56.9 Å². The van der Waals surface area contributed by atoms with Crippen LogP contribution < -0.4 is 0 Å². The van der Waals surface area contributed by atoms with Crippen molar-refractivity contribution in [1.82, 2.24) is 4.90 Å². The summed E-state index contributed by atoms with van der Waals surface area (Å²) in [7, 11) is 1.92. The molecule has 20 heavy (non-hydrogen) atoms. The lowest BCUT2D eigenvalue weighted by atomic mass is 9.85. The van der Waals surface area contributed by atoms with Gasteiger partial charge in [0.2, 0.25) is 5.91 Å². The van der Waals surface area contributed by atoms with E-state index in [0.29, 0.717) is 18.6 Å². The molecule has 1 aromatic heterocycles. The third-order valence-electron chi connectivity index (χ3n) is 4.76. The van der Waals surface area contributed by atoms with Crippen LogP contribution in [0.5, 0.6) is 0 Å². The summed E-state index contributed by atoms with van der Waals surface area (Å²) in [6.45, 7) is 0. The Labute approximate surface area is 124 Å². The second-order valence-electron chi connectivity index (χ2n) is 5.96. The summed E-state index contributed by atoms with van der Waals surface area (Å²) in [5, 5.41) is 2.11. The van der Waals surface area contributed by atoms with Crippen molar-refractivity contribution in [3.05, 3.63) is 21.9 Å². The summed E-state index contributed by atoms with van der Waals surface area (Å²) in [5.41, 5.74) is 1.25. The number of ketones is 1. The van der Waals surface area contributed by atoms with Gasteiger partial charge in [0.25, 0.3) is 0 Å². The van der Waals surface area contributed by atoms with Crippen LogP contribution in [0, 0.1) is 0 Å². The van der Waals surface area contributed by atoms with E-state index in [1.165, 1.54) is 10.4 Å². The lowest BCUT2D eigenvalue weighted by Crippen LogP contribution is -2.42. The maximum Gasteiger partial charge on any atom is 0.230 e. The Morgan fingerprint density at radius 3 is 2.75 bits per heavy atom. The van der Waals surface area contributed by atoms with E-state index >= 15 is 0 Å². The first kappa shape index (κ1) is 13.8. The average Bonchev–Trinajstić information content (AvgIpc) is 2.95. The molecule has 108 valence electrons. The van der Waals surface area contributed by atoms with Gasteiger partial charge in [0.15, 0.2) is 0 Å². The van der Waals surface area contributed by atoms with Crippen LogP contribution in [0.1, 0.15) is 54.9 Å². The van der Waals surface area contributed by atoms with Crippen LogP contribution in [-0.4, -0.2) is 29.7 Å². The van der Waals surface area contributed by atoms with Crippen molar-refractivity contribution >= 4 is 23.0 Å². The summed E-state index contributed by atoms with van der Waals surface area (Å²) >= 11 is 1.78. The second kappa shape index (κ2) is 5.68. The molecule has 0 aliphatic heterocycles. The first-order valence-electron chi connectivity index (χ1n) is 7.51. The van der Waals surface area contributed by atoms with E-state index in [4.69, 9.17) is 0 Å². The smallest absolute Gasteiger partial charge is 0.230 e. The van der Waals surface area contributed by atoms with Crippen molar-refractivity contribution in [2.24, 2.45) is 0 Å². The number of hydrogen-bond acceptors (Lipinski definition) is 3. The zero-order valence-electron chi connectivity index (χ0n) is 11.9. The van der Waals surface area contributed by atoms with Gasteiger partial charge in [0.05, 0.1) is 5.92 Å². The number of hydrogen-bond donors (Lipinski definition) is 0. The van der Waals surface area contributed by atoms with Crippen molar-refractivity contribution in [3.63, 3.8) is 0 Å². The van der Waals surface area contributed by atoms with Gasteiger partial charge in [0.1, 0.15) is 5.78 Å². The molecule has 2 aliphatic carbocycles. The molecule has 1 amide bonds. The number of thiophene rings is 1. The third-order valence-corrected chi connectivity index (χ3v) is 5.75. The number of Topliss-reactive ketones (excluding diaryl/α,β-unsaturated/α-hetero) is 1. The van der Waals surface area contributed by atoms with Crippen molar-refractivity contribution < 1.29 is 9.59 Å². The van der Waals surface area contributed by atoms with Gasteiger partial charge < -0.3 is 4.90 Å². The molecule has 0 bridgehead atoms. The van der Waals surface area contributed by atoms with Crippen LogP contribution in [0.2, 0.25) is 0 Å². The Balaban J connectivity index is 1.72. The fraction of sp³-hybridized carbons (Fsp3) is 0.625. The first-order valence-corrected chi connectivity index (χ1v) is 8.39. The maximum atomic E-state index is 12.8. The molecule has 1 unspecified atom stereocenters. The maximum absolute atomic E-state index is 12.8. The summed E-state index contributed by atoms with van der Waals surface area (Å²) in [6.07, 6.45) is 6.15. The molecule has 4 heteroatoms. The second-order valence-corrected chi connectivity index (χ2v) is 6.96. The van der Waals surface area contributed by atoms with E-state index in [2.05, 4.69) is 11.4 Å². The van der Waals surface area contributed by atoms with Crippen LogP contribution in [-0.2, 0) is 16.0 Å². The van der Waals surface area contributed by atoms with Gasteiger partial charge >= 0.3 is 0 Å². The summed E-state index contributed by atoms with van der Waals surface area (Å²) in [4.78, 5) is 27.4. The van der Waals surface area contributed by atoms with E-state index in [0.717, 1.165) is 32.1 Å². The van der Waals surface area contributed by atoms with Crippen LogP contribution in [0.15, 0.2) is 11.4 Å². The fourth-order valence-electron chi connectivity index (χ4n) is 3.48. The Morgan fingerprint density at radius 1 is 1.25 bits per heavy atom. The summed E-state index contributed by atoms with van der Waals surface area (Å²) < 4.78 is 0. The molecule has 1 atom stereocenters. The molecular weight excluding hydrogens is 270 g/mol. The Hall–Kier alpha value is -1.16.